The van der Waals surface area contributed by atoms with E-state index in [1.165, 1.54) is 5.56 Å². The molecule has 0 saturated heterocycles. The van der Waals surface area contributed by atoms with E-state index in [0.29, 0.717) is 0 Å². The topological polar surface area (TPSA) is 52.0 Å². The quantitative estimate of drug-likeness (QED) is 0.645. The fraction of sp³-hybridized carbons (Fsp3) is 0.455. The van der Waals surface area contributed by atoms with Crippen molar-refractivity contribution in [2.24, 2.45) is 11.5 Å². The van der Waals surface area contributed by atoms with E-state index in [-0.39, 0.29) is 11.6 Å². The predicted molar refractivity (Wildman–Crippen MR) is 56.3 cm³/mol. The van der Waals surface area contributed by atoms with Crippen molar-refractivity contribution in [3.8, 4) is 0 Å². The maximum Gasteiger partial charge on any atom is 0.0784 e. The monoisotopic (exact) mass is 178 g/mol. The van der Waals surface area contributed by atoms with Crippen molar-refractivity contribution in [3.05, 3.63) is 35.4 Å². The molecule has 0 unspecified atom stereocenters. The van der Waals surface area contributed by atoms with Crippen molar-refractivity contribution < 1.29 is 0 Å². The summed E-state index contributed by atoms with van der Waals surface area (Å²) in [5, 5.41) is 0. The molecule has 1 aromatic rings. The molecule has 0 radical (unpaired) electrons. The van der Waals surface area contributed by atoms with Crippen LogP contribution < -0.4 is 11.5 Å². The van der Waals surface area contributed by atoms with Gasteiger partial charge in [0.15, 0.2) is 0 Å². The zero-order chi connectivity index (χ0) is 10.1. The number of hydrogen-bond donors (Lipinski definition) is 2. The molecular formula is C11H18N2. The van der Waals surface area contributed by atoms with Crippen LogP contribution in [0.5, 0.6) is 0 Å². The first-order chi connectivity index (χ1) is 5.91. The SMILES string of the molecule is CC(C)(C)c1cccc(C(N)N)c1. The smallest absolute Gasteiger partial charge is 0.0784 e. The second kappa shape index (κ2) is 3.48. The lowest BCUT2D eigenvalue weighted by atomic mass is 9.86. The van der Waals surface area contributed by atoms with Crippen LogP contribution in [0.15, 0.2) is 24.3 Å². The fourth-order valence-electron chi connectivity index (χ4n) is 1.21. The van der Waals surface area contributed by atoms with Crippen LogP contribution in [-0.4, -0.2) is 0 Å². The van der Waals surface area contributed by atoms with Gasteiger partial charge >= 0.3 is 0 Å². The summed E-state index contributed by atoms with van der Waals surface area (Å²) < 4.78 is 0. The molecule has 72 valence electrons. The second-order valence-electron chi connectivity index (χ2n) is 4.40. The Balaban J connectivity index is 3.06. The first-order valence-corrected chi connectivity index (χ1v) is 4.53. The third-order valence-corrected chi connectivity index (χ3v) is 2.14. The Hall–Kier alpha value is -0.860. The Bertz CT molecular complexity index is 284. The van der Waals surface area contributed by atoms with Crippen molar-refractivity contribution in [2.45, 2.75) is 32.4 Å². The van der Waals surface area contributed by atoms with E-state index in [4.69, 9.17) is 11.5 Å². The van der Waals surface area contributed by atoms with E-state index in [2.05, 4.69) is 32.9 Å². The van der Waals surface area contributed by atoms with Gasteiger partial charge in [-0.15, -0.1) is 0 Å². The molecule has 0 bridgehead atoms. The molecule has 1 rings (SSSR count). The molecule has 2 nitrogen and oxygen atoms in total. The van der Waals surface area contributed by atoms with Gasteiger partial charge in [0.2, 0.25) is 0 Å². The summed E-state index contributed by atoms with van der Waals surface area (Å²) >= 11 is 0. The fourth-order valence-corrected chi connectivity index (χ4v) is 1.21. The Labute approximate surface area is 79.9 Å². The molecule has 4 N–H and O–H groups in total. The summed E-state index contributed by atoms with van der Waals surface area (Å²) in [6, 6.07) is 8.14. The molecule has 0 fully saturated rings. The predicted octanol–water partition coefficient (Wildman–Crippen LogP) is 1.90. The highest BCUT2D eigenvalue weighted by atomic mass is 14.8. The van der Waals surface area contributed by atoms with Gasteiger partial charge in [0.05, 0.1) is 6.17 Å². The molecular weight excluding hydrogens is 160 g/mol. The van der Waals surface area contributed by atoms with Crippen LogP contribution in [0.3, 0.4) is 0 Å². The second-order valence-corrected chi connectivity index (χ2v) is 4.40. The molecule has 0 aromatic heterocycles. The molecule has 0 atom stereocenters. The minimum Gasteiger partial charge on any atom is -0.312 e. The van der Waals surface area contributed by atoms with Crippen LogP contribution in [0.25, 0.3) is 0 Å². The number of nitrogens with two attached hydrogens (primary N) is 2. The Morgan fingerprint density at radius 2 is 1.77 bits per heavy atom. The molecule has 2 heteroatoms. The third kappa shape index (κ3) is 2.54. The maximum absolute atomic E-state index is 5.60. The van der Waals surface area contributed by atoms with Crippen molar-refractivity contribution in [2.75, 3.05) is 0 Å². The van der Waals surface area contributed by atoms with Gasteiger partial charge in [-0.3, -0.25) is 0 Å². The standard InChI is InChI=1S/C11H18N2/c1-11(2,3)9-6-4-5-8(7-9)10(12)13/h4-7,10H,12-13H2,1-3H3. The van der Waals surface area contributed by atoms with Gasteiger partial charge in [-0.25, -0.2) is 0 Å². The van der Waals surface area contributed by atoms with E-state index in [1.807, 2.05) is 12.1 Å². The van der Waals surface area contributed by atoms with Gasteiger partial charge in [0.1, 0.15) is 0 Å². The lowest BCUT2D eigenvalue weighted by Crippen LogP contribution is -2.21. The summed E-state index contributed by atoms with van der Waals surface area (Å²) in [6.45, 7) is 6.52. The number of hydrogen-bond acceptors (Lipinski definition) is 2. The van der Waals surface area contributed by atoms with Crippen LogP contribution in [0.2, 0.25) is 0 Å². The van der Waals surface area contributed by atoms with E-state index in [0.717, 1.165) is 5.56 Å². The lowest BCUT2D eigenvalue weighted by Gasteiger charge is -2.20. The highest BCUT2D eigenvalue weighted by molar-refractivity contribution is 5.29. The normalized spacial score (nSPS) is 12.2. The first kappa shape index (κ1) is 10.2. The highest BCUT2D eigenvalue weighted by Gasteiger charge is 2.14. The molecule has 0 amide bonds. The molecule has 13 heavy (non-hydrogen) atoms. The average molecular weight is 178 g/mol. The maximum atomic E-state index is 5.60. The Morgan fingerprint density at radius 3 is 2.23 bits per heavy atom. The van der Waals surface area contributed by atoms with Crippen LogP contribution in [0.4, 0.5) is 0 Å². The van der Waals surface area contributed by atoms with E-state index in [9.17, 15) is 0 Å². The van der Waals surface area contributed by atoms with Gasteiger partial charge in [-0.05, 0) is 16.5 Å². The van der Waals surface area contributed by atoms with Crippen molar-refractivity contribution in [1.29, 1.82) is 0 Å². The first-order valence-electron chi connectivity index (χ1n) is 4.53. The van der Waals surface area contributed by atoms with Crippen LogP contribution in [-0.2, 0) is 5.41 Å². The van der Waals surface area contributed by atoms with Crippen LogP contribution in [0.1, 0.15) is 38.1 Å². The molecule has 0 aliphatic heterocycles. The van der Waals surface area contributed by atoms with Gasteiger partial charge in [0, 0.05) is 0 Å². The molecule has 0 aliphatic carbocycles. The van der Waals surface area contributed by atoms with Crippen LogP contribution in [0, 0.1) is 0 Å². The summed E-state index contributed by atoms with van der Waals surface area (Å²) in [7, 11) is 0. The van der Waals surface area contributed by atoms with E-state index >= 15 is 0 Å². The largest absolute Gasteiger partial charge is 0.312 e. The van der Waals surface area contributed by atoms with Gasteiger partial charge in [-0.1, -0.05) is 45.0 Å². The van der Waals surface area contributed by atoms with Crippen molar-refractivity contribution in [1.82, 2.24) is 0 Å². The zero-order valence-electron chi connectivity index (χ0n) is 8.54. The van der Waals surface area contributed by atoms with Crippen LogP contribution >= 0.6 is 0 Å². The average Bonchev–Trinajstić information content (AvgIpc) is 2.03. The molecule has 0 aliphatic rings. The lowest BCUT2D eigenvalue weighted by molar-refractivity contribution is 0.588. The number of benzene rings is 1. The molecule has 0 heterocycles. The Kier molecular flexibility index (Phi) is 2.74. The van der Waals surface area contributed by atoms with Gasteiger partial charge < -0.3 is 11.5 Å². The highest BCUT2D eigenvalue weighted by Crippen LogP contribution is 2.23. The summed E-state index contributed by atoms with van der Waals surface area (Å²) in [6.07, 6.45) is -0.373. The molecule has 0 saturated carbocycles. The minimum absolute atomic E-state index is 0.158. The third-order valence-electron chi connectivity index (χ3n) is 2.14. The molecule has 1 aromatic carbocycles. The number of rotatable bonds is 1. The zero-order valence-corrected chi connectivity index (χ0v) is 8.54. The van der Waals surface area contributed by atoms with Crippen molar-refractivity contribution >= 4 is 0 Å². The summed E-state index contributed by atoms with van der Waals surface area (Å²) in [5.41, 5.74) is 13.6. The van der Waals surface area contributed by atoms with Gasteiger partial charge in [-0.2, -0.15) is 0 Å². The van der Waals surface area contributed by atoms with E-state index < -0.39 is 0 Å². The minimum atomic E-state index is -0.373. The van der Waals surface area contributed by atoms with E-state index in [1.54, 1.807) is 0 Å². The Morgan fingerprint density at radius 1 is 1.15 bits per heavy atom. The summed E-state index contributed by atoms with van der Waals surface area (Å²) in [4.78, 5) is 0. The summed E-state index contributed by atoms with van der Waals surface area (Å²) in [5.74, 6) is 0. The molecule has 0 spiro atoms. The van der Waals surface area contributed by atoms with Gasteiger partial charge in [0.25, 0.3) is 0 Å². The van der Waals surface area contributed by atoms with Crippen molar-refractivity contribution in [3.63, 3.8) is 0 Å².